The fraction of sp³-hybridized carbons (Fsp3) is 0. The van der Waals surface area contributed by atoms with Gasteiger partial charge in [0, 0.05) is 33.4 Å². The quantitative estimate of drug-likeness (QED) is 0.113. The van der Waals surface area contributed by atoms with E-state index in [1.807, 2.05) is 78.9 Å². The lowest BCUT2D eigenvalue weighted by Gasteiger charge is -2.19. The molecular formula is C88H56N6. The van der Waals surface area contributed by atoms with E-state index in [2.05, 4.69) is 261 Å². The van der Waals surface area contributed by atoms with Crippen molar-refractivity contribution < 1.29 is 0 Å². The van der Waals surface area contributed by atoms with Crippen molar-refractivity contribution in [2.45, 2.75) is 0 Å². The van der Waals surface area contributed by atoms with Gasteiger partial charge >= 0.3 is 0 Å². The SMILES string of the molecule is c1ccc(-c2ccc(-c3c4ccccc4c(-c4cccc(-c5nc(-c6ccccc6)nc(-c6ccccc6)n5)c4)c4cc(-c5ccc(-c6nc(-c7ccccc7)nc(-c7cccc(-c8c9ccccc9c(-c9ccccc9)c9ccccc89)c7)n6)cc5)ccc34)cc2)cc1. The fourth-order valence-corrected chi connectivity index (χ4v) is 13.5. The standard InChI is InChI=1S/C88H56N6/c1-6-24-57(25-7-1)58-44-48-61(49-45-58)80-73-40-18-21-43-76(73)82(68-35-23-37-70(55-68)87-91-83(62-28-10-3-11-29-62)89-84(92-87)63-30-12-4-13-31-63)78-56-66(52-53-77(78)80)59-46-50-65(51-47-59)86-90-85(64-32-14-5-15-33-64)93-88(94-86)69-36-22-34-67(54-69)81-74-41-19-16-38-71(74)79(60-26-8-2-9-27-60)72-39-17-20-42-75(72)81/h1-56H. The summed E-state index contributed by atoms with van der Waals surface area (Å²) in [6, 6.07) is 120. The predicted molar refractivity (Wildman–Crippen MR) is 388 cm³/mol. The van der Waals surface area contributed by atoms with Crippen LogP contribution in [0.3, 0.4) is 0 Å². The Labute approximate surface area is 544 Å². The van der Waals surface area contributed by atoms with Gasteiger partial charge in [0.05, 0.1) is 0 Å². The lowest BCUT2D eigenvalue weighted by atomic mass is 9.84. The minimum absolute atomic E-state index is 0.587. The van der Waals surface area contributed by atoms with Gasteiger partial charge in [0.1, 0.15) is 0 Å². The molecule has 2 aromatic heterocycles. The zero-order chi connectivity index (χ0) is 62.3. The van der Waals surface area contributed by atoms with E-state index in [9.17, 15) is 0 Å². The van der Waals surface area contributed by atoms with E-state index in [1.165, 1.54) is 54.9 Å². The van der Waals surface area contributed by atoms with Gasteiger partial charge in [0.25, 0.3) is 0 Å². The molecule has 0 atom stereocenters. The van der Waals surface area contributed by atoms with Crippen molar-refractivity contribution in [2.75, 3.05) is 0 Å². The highest BCUT2D eigenvalue weighted by atomic mass is 15.0. The molecule has 15 aromatic carbocycles. The number of aromatic nitrogens is 6. The van der Waals surface area contributed by atoms with Crippen LogP contribution in [-0.4, -0.2) is 29.9 Å². The number of hydrogen-bond acceptors (Lipinski definition) is 6. The van der Waals surface area contributed by atoms with E-state index in [1.54, 1.807) is 0 Å². The summed E-state index contributed by atoms with van der Waals surface area (Å²) < 4.78 is 0. The molecule has 0 spiro atoms. The Balaban J connectivity index is 0.796. The third-order valence-electron chi connectivity index (χ3n) is 18.0. The van der Waals surface area contributed by atoms with Gasteiger partial charge in [0.2, 0.25) is 0 Å². The Hall–Kier alpha value is -12.6. The summed E-state index contributed by atoms with van der Waals surface area (Å²) in [4.78, 5) is 31.1. The highest BCUT2D eigenvalue weighted by Crippen LogP contribution is 2.48. The molecule has 2 heterocycles. The third kappa shape index (κ3) is 10.3. The largest absolute Gasteiger partial charge is 0.208 e. The van der Waals surface area contributed by atoms with Gasteiger partial charge in [-0.2, -0.15) is 0 Å². The first-order chi connectivity index (χ1) is 46.6. The molecule has 0 N–H and O–H groups in total. The van der Waals surface area contributed by atoms with Gasteiger partial charge in [-0.15, -0.1) is 0 Å². The smallest absolute Gasteiger partial charge is 0.164 e. The topological polar surface area (TPSA) is 77.3 Å². The van der Waals surface area contributed by atoms with Gasteiger partial charge < -0.3 is 0 Å². The van der Waals surface area contributed by atoms with Crippen LogP contribution in [0.4, 0.5) is 0 Å². The molecule has 0 saturated heterocycles. The summed E-state index contributed by atoms with van der Waals surface area (Å²) in [5.41, 5.74) is 19.1. The number of benzene rings is 15. The zero-order valence-electron chi connectivity index (χ0n) is 51.0. The molecule has 0 unspecified atom stereocenters. The summed E-state index contributed by atoms with van der Waals surface area (Å²) in [5.74, 6) is 3.62. The molecule has 438 valence electrons. The van der Waals surface area contributed by atoms with Gasteiger partial charge in [-0.3, -0.25) is 0 Å². The van der Waals surface area contributed by atoms with Crippen LogP contribution >= 0.6 is 0 Å². The monoisotopic (exact) mass is 1200 g/mol. The van der Waals surface area contributed by atoms with Crippen molar-refractivity contribution in [2.24, 2.45) is 0 Å². The van der Waals surface area contributed by atoms with Crippen LogP contribution in [0, 0.1) is 0 Å². The summed E-state index contributed by atoms with van der Waals surface area (Å²) >= 11 is 0. The van der Waals surface area contributed by atoms with Crippen molar-refractivity contribution in [3.8, 4) is 135 Å². The van der Waals surface area contributed by atoms with E-state index in [4.69, 9.17) is 29.9 Å². The van der Waals surface area contributed by atoms with Gasteiger partial charge in [-0.25, -0.2) is 29.9 Å². The molecule has 6 heteroatoms. The maximum absolute atomic E-state index is 5.33. The Kier molecular flexibility index (Phi) is 14.1. The normalized spacial score (nSPS) is 11.4. The number of hydrogen-bond donors (Lipinski definition) is 0. The van der Waals surface area contributed by atoms with Crippen molar-refractivity contribution >= 4 is 43.1 Å². The lowest BCUT2D eigenvalue weighted by Crippen LogP contribution is -2.00. The fourth-order valence-electron chi connectivity index (χ4n) is 13.5. The zero-order valence-corrected chi connectivity index (χ0v) is 51.0. The molecule has 0 aliphatic rings. The lowest BCUT2D eigenvalue weighted by molar-refractivity contribution is 1.07. The van der Waals surface area contributed by atoms with Gasteiger partial charge in [-0.05, 0) is 128 Å². The molecule has 0 aliphatic heterocycles. The average Bonchev–Trinajstić information content (AvgIpc) is 0.739. The molecule has 0 saturated carbocycles. The Morgan fingerprint density at radius 3 is 0.713 bits per heavy atom. The van der Waals surface area contributed by atoms with Crippen LogP contribution in [0.1, 0.15) is 0 Å². The maximum atomic E-state index is 5.33. The van der Waals surface area contributed by atoms with E-state index in [-0.39, 0.29) is 0 Å². The predicted octanol–water partition coefficient (Wildman–Crippen LogP) is 22.7. The molecule has 0 radical (unpaired) electrons. The molecule has 0 aliphatic carbocycles. The Bertz CT molecular complexity index is 5570. The molecule has 17 aromatic rings. The summed E-state index contributed by atoms with van der Waals surface area (Å²) in [5, 5.41) is 9.35. The van der Waals surface area contributed by atoms with Crippen molar-refractivity contribution in [1.29, 1.82) is 0 Å². The summed E-state index contributed by atoms with van der Waals surface area (Å²) in [7, 11) is 0. The maximum Gasteiger partial charge on any atom is 0.164 e. The summed E-state index contributed by atoms with van der Waals surface area (Å²) in [6.07, 6.45) is 0. The number of fused-ring (bicyclic) bond motifs is 4. The minimum atomic E-state index is 0.587. The summed E-state index contributed by atoms with van der Waals surface area (Å²) in [6.45, 7) is 0. The van der Waals surface area contributed by atoms with Crippen LogP contribution in [-0.2, 0) is 0 Å². The van der Waals surface area contributed by atoms with E-state index < -0.39 is 0 Å². The Morgan fingerprint density at radius 2 is 0.330 bits per heavy atom. The van der Waals surface area contributed by atoms with Crippen LogP contribution < -0.4 is 0 Å². The first-order valence-electron chi connectivity index (χ1n) is 31.7. The van der Waals surface area contributed by atoms with E-state index in [0.29, 0.717) is 34.9 Å². The number of rotatable bonds is 12. The Morgan fingerprint density at radius 1 is 0.117 bits per heavy atom. The minimum Gasteiger partial charge on any atom is -0.208 e. The second-order valence-corrected chi connectivity index (χ2v) is 23.7. The molecule has 0 bridgehead atoms. The molecule has 0 amide bonds. The molecule has 94 heavy (non-hydrogen) atoms. The average molecular weight is 1200 g/mol. The molecule has 17 rings (SSSR count). The molecule has 0 fully saturated rings. The number of nitrogens with zero attached hydrogens (tertiary/aromatic N) is 6. The second kappa shape index (κ2) is 24.0. The van der Waals surface area contributed by atoms with Crippen molar-refractivity contribution in [1.82, 2.24) is 29.9 Å². The van der Waals surface area contributed by atoms with Crippen LogP contribution in [0.5, 0.6) is 0 Å². The van der Waals surface area contributed by atoms with Crippen LogP contribution in [0.25, 0.3) is 178 Å². The van der Waals surface area contributed by atoms with E-state index >= 15 is 0 Å². The van der Waals surface area contributed by atoms with Crippen LogP contribution in [0.15, 0.2) is 340 Å². The van der Waals surface area contributed by atoms with E-state index in [0.717, 1.165) is 88.3 Å². The highest BCUT2D eigenvalue weighted by Gasteiger charge is 2.22. The van der Waals surface area contributed by atoms with Crippen LogP contribution in [0.2, 0.25) is 0 Å². The third-order valence-corrected chi connectivity index (χ3v) is 18.0. The first kappa shape index (κ1) is 55.4. The van der Waals surface area contributed by atoms with Gasteiger partial charge in [-0.1, -0.05) is 322 Å². The second-order valence-electron chi connectivity index (χ2n) is 23.7. The molecule has 6 nitrogen and oxygen atoms in total. The van der Waals surface area contributed by atoms with Crippen molar-refractivity contribution in [3.63, 3.8) is 0 Å². The molecular weight excluding hydrogens is 1140 g/mol. The van der Waals surface area contributed by atoms with Gasteiger partial charge in [0.15, 0.2) is 34.9 Å². The first-order valence-corrected chi connectivity index (χ1v) is 31.7. The van der Waals surface area contributed by atoms with Crippen molar-refractivity contribution in [3.05, 3.63) is 340 Å². The highest BCUT2D eigenvalue weighted by molar-refractivity contribution is 6.23.